The number of hydrogen-bond donors (Lipinski definition) is 2. The number of nitro groups is 1. The lowest BCUT2D eigenvalue weighted by Gasteiger charge is -2.13. The zero-order valence-corrected chi connectivity index (χ0v) is 9.69. The Labute approximate surface area is 100 Å². The van der Waals surface area contributed by atoms with Gasteiger partial charge in [0, 0.05) is 18.7 Å². The number of nitrogens with two attached hydrogens (primary N) is 1. The van der Waals surface area contributed by atoms with Crippen LogP contribution in [0.5, 0.6) is 0 Å². The molecule has 17 heavy (non-hydrogen) atoms. The van der Waals surface area contributed by atoms with Crippen molar-refractivity contribution in [3.63, 3.8) is 0 Å². The average Bonchev–Trinajstić information content (AvgIpc) is 2.82. The fourth-order valence-corrected chi connectivity index (χ4v) is 2.27. The smallest absolute Gasteiger partial charge is 0.292 e. The van der Waals surface area contributed by atoms with Gasteiger partial charge in [-0.25, -0.2) is 0 Å². The Bertz CT molecular complexity index is 414. The molecule has 0 heterocycles. The molecule has 0 spiro atoms. The second kappa shape index (κ2) is 5.14. The van der Waals surface area contributed by atoms with Gasteiger partial charge in [0.05, 0.1) is 4.92 Å². The first kappa shape index (κ1) is 11.9. The summed E-state index contributed by atoms with van der Waals surface area (Å²) in [7, 11) is 0. The lowest BCUT2D eigenvalue weighted by atomic mass is 10.1. The van der Waals surface area contributed by atoms with Gasteiger partial charge in [-0.15, -0.1) is 0 Å². The summed E-state index contributed by atoms with van der Waals surface area (Å²) in [5.41, 5.74) is 7.01. The molecule has 1 saturated carbocycles. The van der Waals surface area contributed by atoms with Crippen LogP contribution in [0.25, 0.3) is 0 Å². The summed E-state index contributed by atoms with van der Waals surface area (Å²) in [6, 6.07) is 5.53. The molecule has 3 N–H and O–H groups in total. The number of nitrogens with one attached hydrogen (secondary N) is 1. The summed E-state index contributed by atoms with van der Waals surface area (Å²) in [4.78, 5) is 10.6. The summed E-state index contributed by atoms with van der Waals surface area (Å²) >= 11 is 0. The van der Waals surface area contributed by atoms with E-state index in [0.717, 1.165) is 18.4 Å². The van der Waals surface area contributed by atoms with Crippen molar-refractivity contribution < 1.29 is 4.92 Å². The molecule has 1 aliphatic carbocycles. The molecule has 5 nitrogen and oxygen atoms in total. The summed E-state index contributed by atoms with van der Waals surface area (Å²) in [6.45, 7) is 0.324. The number of rotatable bonds is 4. The molecule has 0 aromatic heterocycles. The number of nitro benzene ring substituents is 1. The highest BCUT2D eigenvalue weighted by atomic mass is 16.6. The van der Waals surface area contributed by atoms with Gasteiger partial charge in [-0.2, -0.15) is 0 Å². The van der Waals surface area contributed by atoms with E-state index in [1.54, 1.807) is 12.1 Å². The van der Waals surface area contributed by atoms with Crippen molar-refractivity contribution in [3.05, 3.63) is 33.9 Å². The van der Waals surface area contributed by atoms with E-state index in [1.807, 2.05) is 6.07 Å². The van der Waals surface area contributed by atoms with E-state index >= 15 is 0 Å². The van der Waals surface area contributed by atoms with Crippen LogP contribution in [0, 0.1) is 10.1 Å². The summed E-state index contributed by atoms with van der Waals surface area (Å²) in [6.07, 6.45) is 4.59. The van der Waals surface area contributed by atoms with Crippen molar-refractivity contribution >= 4 is 11.4 Å². The predicted octanol–water partition coefficient (Wildman–Crippen LogP) is 2.41. The van der Waals surface area contributed by atoms with Crippen molar-refractivity contribution in [1.29, 1.82) is 0 Å². The third kappa shape index (κ3) is 2.74. The van der Waals surface area contributed by atoms with Crippen LogP contribution in [-0.4, -0.2) is 11.0 Å². The molecule has 0 saturated heterocycles. The van der Waals surface area contributed by atoms with Crippen LogP contribution in [0.2, 0.25) is 0 Å². The highest BCUT2D eigenvalue weighted by Gasteiger charge is 2.20. The molecular weight excluding hydrogens is 218 g/mol. The van der Waals surface area contributed by atoms with Crippen LogP contribution in [0.15, 0.2) is 18.2 Å². The molecule has 0 amide bonds. The van der Waals surface area contributed by atoms with Crippen LogP contribution in [0.1, 0.15) is 31.2 Å². The fraction of sp³-hybridized carbons (Fsp3) is 0.500. The lowest BCUT2D eigenvalue weighted by Crippen LogP contribution is -2.15. The molecule has 92 valence electrons. The van der Waals surface area contributed by atoms with Crippen LogP contribution in [0.3, 0.4) is 0 Å². The predicted molar refractivity (Wildman–Crippen MR) is 66.9 cm³/mol. The van der Waals surface area contributed by atoms with Gasteiger partial charge in [-0.1, -0.05) is 18.9 Å². The summed E-state index contributed by atoms with van der Waals surface area (Å²) in [5, 5.41) is 14.2. The third-order valence-electron chi connectivity index (χ3n) is 3.21. The topological polar surface area (TPSA) is 81.2 Å². The van der Waals surface area contributed by atoms with Crippen molar-refractivity contribution in [3.8, 4) is 0 Å². The summed E-state index contributed by atoms with van der Waals surface area (Å²) in [5.74, 6) is 0. The Kier molecular flexibility index (Phi) is 3.58. The number of benzene rings is 1. The molecule has 1 aromatic carbocycles. The Morgan fingerprint density at radius 3 is 2.71 bits per heavy atom. The maximum atomic E-state index is 11.0. The first-order valence-electron chi connectivity index (χ1n) is 5.94. The SMILES string of the molecule is NCc1ccc(NC2CCCC2)c([N+](=O)[O-])c1. The van der Waals surface area contributed by atoms with Crippen LogP contribution >= 0.6 is 0 Å². The molecule has 0 bridgehead atoms. The van der Waals surface area contributed by atoms with Gasteiger partial charge < -0.3 is 11.1 Å². The van der Waals surface area contributed by atoms with Crippen LogP contribution in [-0.2, 0) is 6.54 Å². The molecule has 1 aliphatic rings. The second-order valence-corrected chi connectivity index (χ2v) is 4.44. The van der Waals surface area contributed by atoms with Gasteiger partial charge in [0.25, 0.3) is 5.69 Å². The van der Waals surface area contributed by atoms with Crippen LogP contribution < -0.4 is 11.1 Å². The maximum absolute atomic E-state index is 11.0. The van der Waals surface area contributed by atoms with Gasteiger partial charge in [-0.05, 0) is 24.5 Å². The number of nitrogens with zero attached hydrogens (tertiary/aromatic N) is 1. The molecular formula is C12H17N3O2. The Morgan fingerprint density at radius 2 is 2.12 bits per heavy atom. The van der Waals surface area contributed by atoms with E-state index in [2.05, 4.69) is 5.32 Å². The number of anilines is 1. The molecule has 5 heteroatoms. The minimum absolute atomic E-state index is 0.125. The molecule has 0 aliphatic heterocycles. The van der Waals surface area contributed by atoms with Gasteiger partial charge in [0.2, 0.25) is 0 Å². The second-order valence-electron chi connectivity index (χ2n) is 4.44. The van der Waals surface area contributed by atoms with E-state index < -0.39 is 0 Å². The zero-order chi connectivity index (χ0) is 12.3. The van der Waals surface area contributed by atoms with Crippen molar-refractivity contribution in [2.45, 2.75) is 38.3 Å². The standard InChI is InChI=1S/C12H17N3O2/c13-8-9-5-6-11(12(7-9)15(16)17)14-10-3-1-2-4-10/h5-7,10,14H,1-4,8,13H2. The minimum atomic E-state index is -0.351. The molecule has 2 rings (SSSR count). The van der Waals surface area contributed by atoms with Gasteiger partial charge in [0.1, 0.15) is 5.69 Å². The van der Waals surface area contributed by atoms with E-state index in [-0.39, 0.29) is 10.6 Å². The highest BCUT2D eigenvalue weighted by molar-refractivity contribution is 5.63. The minimum Gasteiger partial charge on any atom is -0.377 e. The highest BCUT2D eigenvalue weighted by Crippen LogP contribution is 2.29. The Morgan fingerprint density at radius 1 is 1.41 bits per heavy atom. The van der Waals surface area contributed by atoms with Gasteiger partial charge >= 0.3 is 0 Å². The average molecular weight is 235 g/mol. The first-order chi connectivity index (χ1) is 8.20. The lowest BCUT2D eigenvalue weighted by molar-refractivity contribution is -0.384. The quantitative estimate of drug-likeness (QED) is 0.620. The van der Waals surface area contributed by atoms with Crippen molar-refractivity contribution in [2.24, 2.45) is 5.73 Å². The largest absolute Gasteiger partial charge is 0.377 e. The van der Waals surface area contributed by atoms with Gasteiger partial charge in [0.15, 0.2) is 0 Å². The van der Waals surface area contributed by atoms with E-state index in [9.17, 15) is 10.1 Å². The maximum Gasteiger partial charge on any atom is 0.292 e. The molecule has 0 unspecified atom stereocenters. The molecule has 0 radical (unpaired) electrons. The van der Waals surface area contributed by atoms with Crippen molar-refractivity contribution in [2.75, 3.05) is 5.32 Å². The fourth-order valence-electron chi connectivity index (χ4n) is 2.27. The van der Waals surface area contributed by atoms with Crippen molar-refractivity contribution in [1.82, 2.24) is 0 Å². The zero-order valence-electron chi connectivity index (χ0n) is 9.69. The Hall–Kier alpha value is -1.62. The van der Waals surface area contributed by atoms with E-state index in [1.165, 1.54) is 12.8 Å². The molecule has 0 atom stereocenters. The van der Waals surface area contributed by atoms with E-state index in [0.29, 0.717) is 18.3 Å². The third-order valence-corrected chi connectivity index (χ3v) is 3.21. The molecule has 1 aromatic rings. The molecule has 1 fully saturated rings. The van der Waals surface area contributed by atoms with Crippen LogP contribution in [0.4, 0.5) is 11.4 Å². The summed E-state index contributed by atoms with van der Waals surface area (Å²) < 4.78 is 0. The van der Waals surface area contributed by atoms with Gasteiger partial charge in [-0.3, -0.25) is 10.1 Å². The number of hydrogen-bond acceptors (Lipinski definition) is 4. The monoisotopic (exact) mass is 235 g/mol. The van der Waals surface area contributed by atoms with E-state index in [4.69, 9.17) is 5.73 Å². The normalized spacial score (nSPS) is 16.1. The Balaban J connectivity index is 2.22. The first-order valence-corrected chi connectivity index (χ1v) is 5.94.